The summed E-state index contributed by atoms with van der Waals surface area (Å²) in [5.74, 6) is 0. The lowest BCUT2D eigenvalue weighted by Crippen LogP contribution is -2.53. The van der Waals surface area contributed by atoms with Crippen molar-refractivity contribution in [1.29, 1.82) is 0 Å². The van der Waals surface area contributed by atoms with E-state index in [-0.39, 0.29) is 16.4 Å². The second-order valence-corrected chi connectivity index (χ2v) is 8.27. The molecule has 1 aromatic rings. The number of nitrogens with two attached hydrogens (primary N) is 1. The summed E-state index contributed by atoms with van der Waals surface area (Å²) < 4.78 is 0. The molecule has 1 aliphatic carbocycles. The fraction of sp³-hybridized carbons (Fsp3) is 0.688. The number of aromatic nitrogens is 1. The Kier molecular flexibility index (Phi) is 3.70. The molecular formula is C16H25ClN2. The van der Waals surface area contributed by atoms with Crippen LogP contribution in [0.4, 0.5) is 0 Å². The number of hydrogen-bond donors (Lipinski definition) is 1. The number of nitrogens with zero attached hydrogens (tertiary/aromatic N) is 1. The number of hydrogen-bond acceptors (Lipinski definition) is 2. The Morgan fingerprint density at radius 1 is 1.16 bits per heavy atom. The first-order chi connectivity index (χ1) is 8.61. The zero-order valence-corrected chi connectivity index (χ0v) is 13.2. The molecule has 0 spiro atoms. The average molecular weight is 281 g/mol. The molecule has 2 rings (SSSR count). The van der Waals surface area contributed by atoms with Crippen LogP contribution in [0.5, 0.6) is 0 Å². The Hall–Kier alpha value is -0.600. The van der Waals surface area contributed by atoms with E-state index in [0.717, 1.165) is 29.8 Å². The van der Waals surface area contributed by atoms with E-state index in [0.29, 0.717) is 0 Å². The van der Waals surface area contributed by atoms with E-state index < -0.39 is 0 Å². The molecule has 1 saturated carbocycles. The van der Waals surface area contributed by atoms with Gasteiger partial charge in [-0.2, -0.15) is 0 Å². The second kappa shape index (κ2) is 4.75. The molecular weight excluding hydrogens is 256 g/mol. The number of halogens is 1. The molecule has 1 fully saturated rings. The van der Waals surface area contributed by atoms with E-state index in [1.807, 2.05) is 6.07 Å². The zero-order valence-electron chi connectivity index (χ0n) is 12.5. The highest BCUT2D eigenvalue weighted by atomic mass is 35.5. The Morgan fingerprint density at radius 3 is 2.26 bits per heavy atom. The molecule has 2 N–H and O–H groups in total. The van der Waals surface area contributed by atoms with Crippen LogP contribution in [0.15, 0.2) is 18.5 Å². The molecule has 0 bridgehead atoms. The van der Waals surface area contributed by atoms with Gasteiger partial charge in [0.25, 0.3) is 0 Å². The van der Waals surface area contributed by atoms with Gasteiger partial charge in [-0.3, -0.25) is 4.98 Å². The summed E-state index contributed by atoms with van der Waals surface area (Å²) in [6, 6.07) is 1.99. The SMILES string of the molecule is CC1(C)CC(C)(C)CC(N)(Cc2ccncc2Cl)C1. The van der Waals surface area contributed by atoms with Crippen molar-refractivity contribution >= 4 is 11.6 Å². The molecule has 0 atom stereocenters. The van der Waals surface area contributed by atoms with Crippen molar-refractivity contribution in [3.8, 4) is 0 Å². The van der Waals surface area contributed by atoms with E-state index in [1.54, 1.807) is 12.4 Å². The van der Waals surface area contributed by atoms with Crippen LogP contribution in [-0.2, 0) is 6.42 Å². The fourth-order valence-electron chi connectivity index (χ4n) is 4.44. The van der Waals surface area contributed by atoms with Gasteiger partial charge in [0, 0.05) is 17.9 Å². The molecule has 106 valence electrons. The summed E-state index contributed by atoms with van der Waals surface area (Å²) in [5.41, 5.74) is 8.26. The van der Waals surface area contributed by atoms with E-state index in [4.69, 9.17) is 17.3 Å². The summed E-state index contributed by atoms with van der Waals surface area (Å²) >= 11 is 6.23. The molecule has 0 saturated heterocycles. The monoisotopic (exact) mass is 280 g/mol. The second-order valence-electron chi connectivity index (χ2n) is 7.86. The van der Waals surface area contributed by atoms with Gasteiger partial charge in [0.15, 0.2) is 0 Å². The van der Waals surface area contributed by atoms with Gasteiger partial charge < -0.3 is 5.73 Å². The summed E-state index contributed by atoms with van der Waals surface area (Å²) in [7, 11) is 0. The van der Waals surface area contributed by atoms with Gasteiger partial charge in [0.05, 0.1) is 5.02 Å². The van der Waals surface area contributed by atoms with Crippen LogP contribution >= 0.6 is 11.6 Å². The third kappa shape index (κ3) is 3.70. The van der Waals surface area contributed by atoms with Crippen molar-refractivity contribution in [1.82, 2.24) is 4.98 Å². The minimum Gasteiger partial charge on any atom is -0.325 e. The summed E-state index contributed by atoms with van der Waals surface area (Å²) in [6.07, 6.45) is 7.65. The minimum absolute atomic E-state index is 0.170. The van der Waals surface area contributed by atoms with Gasteiger partial charge in [0.1, 0.15) is 0 Å². The zero-order chi connectivity index (χ0) is 14.3. The molecule has 0 unspecified atom stereocenters. The Labute approximate surface area is 121 Å². The van der Waals surface area contributed by atoms with E-state index >= 15 is 0 Å². The first-order valence-corrected chi connectivity index (χ1v) is 7.36. The summed E-state index contributed by atoms with van der Waals surface area (Å²) in [4.78, 5) is 4.05. The van der Waals surface area contributed by atoms with Gasteiger partial charge in [0.2, 0.25) is 0 Å². The standard InChI is InChI=1S/C16H25ClN2/c1-14(2)9-15(3,4)11-16(18,10-14)7-12-5-6-19-8-13(12)17/h5-6,8H,7,9-11,18H2,1-4H3. The molecule has 19 heavy (non-hydrogen) atoms. The maximum atomic E-state index is 6.73. The van der Waals surface area contributed by atoms with Crippen LogP contribution in [0.2, 0.25) is 5.02 Å². The third-order valence-electron chi connectivity index (χ3n) is 4.02. The molecule has 1 heterocycles. The van der Waals surface area contributed by atoms with Crippen molar-refractivity contribution in [3.63, 3.8) is 0 Å². The lowest BCUT2D eigenvalue weighted by atomic mass is 9.57. The smallest absolute Gasteiger partial charge is 0.0621 e. The summed E-state index contributed by atoms with van der Waals surface area (Å²) in [5, 5.41) is 0.730. The number of rotatable bonds is 2. The molecule has 2 nitrogen and oxygen atoms in total. The van der Waals surface area contributed by atoms with Crippen molar-refractivity contribution < 1.29 is 0 Å². The Balaban J connectivity index is 2.25. The molecule has 1 aromatic heterocycles. The highest BCUT2D eigenvalue weighted by Crippen LogP contribution is 2.50. The highest BCUT2D eigenvalue weighted by molar-refractivity contribution is 6.31. The van der Waals surface area contributed by atoms with Gasteiger partial charge in [-0.15, -0.1) is 0 Å². The third-order valence-corrected chi connectivity index (χ3v) is 4.36. The van der Waals surface area contributed by atoms with Crippen LogP contribution in [0, 0.1) is 10.8 Å². The maximum Gasteiger partial charge on any atom is 0.0621 e. The molecule has 3 heteroatoms. The minimum atomic E-state index is -0.170. The maximum absolute atomic E-state index is 6.73. The van der Waals surface area contributed by atoms with Crippen molar-refractivity contribution in [3.05, 3.63) is 29.0 Å². The summed E-state index contributed by atoms with van der Waals surface area (Å²) in [6.45, 7) is 9.29. The quantitative estimate of drug-likeness (QED) is 0.881. The molecule has 0 aliphatic heterocycles. The highest BCUT2D eigenvalue weighted by Gasteiger charge is 2.45. The molecule has 0 radical (unpaired) electrons. The Bertz CT molecular complexity index is 450. The van der Waals surface area contributed by atoms with Crippen LogP contribution in [0.1, 0.15) is 52.5 Å². The van der Waals surface area contributed by atoms with Gasteiger partial charge in [-0.05, 0) is 48.1 Å². The first kappa shape index (κ1) is 14.8. The lowest BCUT2D eigenvalue weighted by Gasteiger charge is -2.50. The van der Waals surface area contributed by atoms with Crippen LogP contribution in [-0.4, -0.2) is 10.5 Å². The average Bonchev–Trinajstić information content (AvgIpc) is 2.15. The largest absolute Gasteiger partial charge is 0.325 e. The van der Waals surface area contributed by atoms with Crippen molar-refractivity contribution in [2.24, 2.45) is 16.6 Å². The molecule has 0 aromatic carbocycles. The van der Waals surface area contributed by atoms with Gasteiger partial charge >= 0.3 is 0 Å². The van der Waals surface area contributed by atoms with Gasteiger partial charge in [-0.1, -0.05) is 39.3 Å². The van der Waals surface area contributed by atoms with Crippen LogP contribution < -0.4 is 5.73 Å². The Morgan fingerprint density at radius 2 is 1.74 bits per heavy atom. The predicted octanol–water partition coefficient (Wildman–Crippen LogP) is 4.21. The van der Waals surface area contributed by atoms with E-state index in [1.165, 1.54) is 6.42 Å². The topological polar surface area (TPSA) is 38.9 Å². The van der Waals surface area contributed by atoms with Gasteiger partial charge in [-0.25, -0.2) is 0 Å². The molecule has 0 amide bonds. The van der Waals surface area contributed by atoms with Crippen LogP contribution in [0.3, 0.4) is 0 Å². The number of pyridine rings is 1. The van der Waals surface area contributed by atoms with Crippen molar-refractivity contribution in [2.75, 3.05) is 0 Å². The normalized spacial score (nSPS) is 24.1. The first-order valence-electron chi connectivity index (χ1n) is 6.98. The van der Waals surface area contributed by atoms with Crippen LogP contribution in [0.25, 0.3) is 0 Å². The molecule has 1 aliphatic rings. The predicted molar refractivity (Wildman–Crippen MR) is 81.3 cm³/mol. The lowest BCUT2D eigenvalue weighted by molar-refractivity contribution is 0.0487. The van der Waals surface area contributed by atoms with E-state index in [9.17, 15) is 0 Å². The van der Waals surface area contributed by atoms with E-state index in [2.05, 4.69) is 32.7 Å². The van der Waals surface area contributed by atoms with Crippen molar-refractivity contribution in [2.45, 2.75) is 58.9 Å². The fourth-order valence-corrected chi connectivity index (χ4v) is 4.63.